The highest BCUT2D eigenvalue weighted by Crippen LogP contribution is 2.32. The fourth-order valence-corrected chi connectivity index (χ4v) is 0.976. The first-order valence-corrected chi connectivity index (χ1v) is 4.17. The molecule has 13 heavy (non-hydrogen) atoms. The molecule has 0 aromatic heterocycles. The third kappa shape index (κ3) is 4.45. The van der Waals surface area contributed by atoms with Crippen LogP contribution in [0, 0.1) is 5.92 Å². The van der Waals surface area contributed by atoms with Gasteiger partial charge in [-0.25, -0.2) is 4.39 Å². The molecule has 1 atom stereocenters. The first kappa shape index (κ1) is 12.7. The molecule has 80 valence electrons. The van der Waals surface area contributed by atoms with Crippen molar-refractivity contribution in [3.8, 4) is 0 Å². The van der Waals surface area contributed by atoms with Crippen molar-refractivity contribution in [3.63, 3.8) is 0 Å². The number of hydrogen-bond acceptors (Lipinski definition) is 1. The molecule has 0 aliphatic heterocycles. The maximum absolute atomic E-state index is 13.5. The first-order valence-electron chi connectivity index (χ1n) is 4.17. The minimum absolute atomic E-state index is 0.360. The van der Waals surface area contributed by atoms with Gasteiger partial charge in [0.2, 0.25) is 0 Å². The van der Waals surface area contributed by atoms with Crippen molar-refractivity contribution in [1.29, 1.82) is 0 Å². The van der Waals surface area contributed by atoms with Gasteiger partial charge < -0.3 is 5.73 Å². The van der Waals surface area contributed by atoms with Gasteiger partial charge in [-0.1, -0.05) is 13.8 Å². The zero-order valence-corrected chi connectivity index (χ0v) is 7.79. The molecule has 0 aliphatic carbocycles. The Kier molecular flexibility index (Phi) is 4.16. The largest absolute Gasteiger partial charge is 0.389 e. The van der Waals surface area contributed by atoms with Crippen LogP contribution in [-0.4, -0.2) is 18.4 Å². The van der Waals surface area contributed by atoms with Gasteiger partial charge in [0, 0.05) is 13.0 Å². The van der Waals surface area contributed by atoms with Crippen LogP contribution < -0.4 is 5.73 Å². The monoisotopic (exact) mass is 201 g/mol. The van der Waals surface area contributed by atoms with Crippen LogP contribution in [-0.2, 0) is 0 Å². The van der Waals surface area contributed by atoms with Gasteiger partial charge in [-0.2, -0.15) is 13.2 Å². The van der Waals surface area contributed by atoms with E-state index in [0.29, 0.717) is 0 Å². The van der Waals surface area contributed by atoms with E-state index in [1.807, 2.05) is 0 Å². The predicted octanol–water partition coefficient (Wildman–Crippen LogP) is 2.65. The van der Waals surface area contributed by atoms with Gasteiger partial charge in [0.05, 0.1) is 0 Å². The summed E-state index contributed by atoms with van der Waals surface area (Å²) in [6.45, 7) is 2.70. The third-order valence-electron chi connectivity index (χ3n) is 2.20. The zero-order chi connectivity index (χ0) is 10.7. The Morgan fingerprint density at radius 3 is 1.77 bits per heavy atom. The van der Waals surface area contributed by atoms with E-state index in [-0.39, 0.29) is 6.54 Å². The van der Waals surface area contributed by atoms with Crippen molar-refractivity contribution in [1.82, 2.24) is 0 Å². The first-order chi connectivity index (χ1) is 5.71. The quantitative estimate of drug-likeness (QED) is 0.695. The molecule has 0 saturated heterocycles. The van der Waals surface area contributed by atoms with Crippen LogP contribution >= 0.6 is 0 Å². The fourth-order valence-electron chi connectivity index (χ4n) is 0.976. The van der Waals surface area contributed by atoms with Crippen molar-refractivity contribution in [2.75, 3.05) is 6.54 Å². The Bertz CT molecular complexity index is 155. The van der Waals surface area contributed by atoms with E-state index in [4.69, 9.17) is 5.73 Å². The van der Waals surface area contributed by atoms with Gasteiger partial charge in [-0.05, 0) is 12.3 Å². The molecule has 0 amide bonds. The summed E-state index contributed by atoms with van der Waals surface area (Å²) >= 11 is 0. The van der Waals surface area contributed by atoms with Crippen molar-refractivity contribution >= 4 is 0 Å². The molecule has 1 nitrogen and oxygen atoms in total. The zero-order valence-electron chi connectivity index (χ0n) is 7.79. The Morgan fingerprint density at radius 1 is 1.08 bits per heavy atom. The second-order valence-corrected chi connectivity index (χ2v) is 3.51. The van der Waals surface area contributed by atoms with Crippen LogP contribution in [0.15, 0.2) is 0 Å². The summed E-state index contributed by atoms with van der Waals surface area (Å²) in [4.78, 5) is 0. The summed E-state index contributed by atoms with van der Waals surface area (Å²) in [5.74, 6) is -0.486. The molecule has 0 aliphatic rings. The molecule has 0 fully saturated rings. The highest BCUT2D eigenvalue weighted by molar-refractivity contribution is 4.84. The van der Waals surface area contributed by atoms with Gasteiger partial charge in [-0.15, -0.1) is 0 Å². The highest BCUT2D eigenvalue weighted by atomic mass is 19.4. The predicted molar refractivity (Wildman–Crippen MR) is 43.0 cm³/mol. The molecule has 0 heterocycles. The third-order valence-corrected chi connectivity index (χ3v) is 2.20. The number of halogens is 4. The molecule has 0 bridgehead atoms. The molecule has 0 aromatic rings. The van der Waals surface area contributed by atoms with Crippen LogP contribution in [0.5, 0.6) is 0 Å². The average molecular weight is 201 g/mol. The molecule has 1 unspecified atom stereocenters. The summed E-state index contributed by atoms with van der Waals surface area (Å²) in [6.07, 6.45) is -5.97. The second kappa shape index (κ2) is 4.26. The van der Waals surface area contributed by atoms with Crippen LogP contribution in [0.25, 0.3) is 0 Å². The fraction of sp³-hybridized carbons (Fsp3) is 1.00. The normalized spacial score (nSPS) is 17.5. The molecule has 5 heteroatoms. The molecule has 0 aromatic carbocycles. The summed E-state index contributed by atoms with van der Waals surface area (Å²) in [5.41, 5.74) is 3.20. The molecule has 2 N–H and O–H groups in total. The Hall–Kier alpha value is -0.320. The van der Waals surface area contributed by atoms with E-state index in [0.717, 1.165) is 0 Å². The minimum atomic E-state index is -4.30. The summed E-state index contributed by atoms with van der Waals surface area (Å²) in [6, 6.07) is 0. The van der Waals surface area contributed by atoms with E-state index in [1.165, 1.54) is 13.8 Å². The van der Waals surface area contributed by atoms with Crippen LogP contribution in [0.2, 0.25) is 0 Å². The van der Waals surface area contributed by atoms with Crippen LogP contribution in [0.3, 0.4) is 0 Å². The lowest BCUT2D eigenvalue weighted by Crippen LogP contribution is -2.39. The lowest BCUT2D eigenvalue weighted by Gasteiger charge is -2.28. The summed E-state index contributed by atoms with van der Waals surface area (Å²) < 4.78 is 48.9. The van der Waals surface area contributed by atoms with E-state index in [9.17, 15) is 17.6 Å². The van der Waals surface area contributed by atoms with E-state index in [2.05, 4.69) is 0 Å². The van der Waals surface area contributed by atoms with Gasteiger partial charge in [0.15, 0.2) is 0 Å². The van der Waals surface area contributed by atoms with Gasteiger partial charge >= 0.3 is 6.18 Å². The highest BCUT2D eigenvalue weighted by Gasteiger charge is 2.37. The lowest BCUT2D eigenvalue weighted by atomic mass is 9.88. The van der Waals surface area contributed by atoms with E-state index < -0.39 is 30.6 Å². The maximum atomic E-state index is 13.5. The van der Waals surface area contributed by atoms with E-state index >= 15 is 0 Å². The lowest BCUT2D eigenvalue weighted by molar-refractivity contribution is -0.143. The molecule has 0 radical (unpaired) electrons. The standard InChI is InChI=1S/C8H15F4N/c1-6(2)7(9,5-13)3-4-8(10,11)12/h6H,3-5,13H2,1-2H3. The number of rotatable bonds is 4. The molecule has 0 spiro atoms. The smallest absolute Gasteiger partial charge is 0.328 e. The van der Waals surface area contributed by atoms with Crippen molar-refractivity contribution in [3.05, 3.63) is 0 Å². The Morgan fingerprint density at radius 2 is 1.54 bits per heavy atom. The number of nitrogens with two attached hydrogens (primary N) is 1. The molecule has 0 saturated carbocycles. The maximum Gasteiger partial charge on any atom is 0.389 e. The summed E-state index contributed by atoms with van der Waals surface area (Å²) in [5, 5.41) is 0. The number of alkyl halides is 4. The molecular weight excluding hydrogens is 186 g/mol. The van der Waals surface area contributed by atoms with Gasteiger partial charge in [0.25, 0.3) is 0 Å². The van der Waals surface area contributed by atoms with Gasteiger partial charge in [0.1, 0.15) is 5.67 Å². The van der Waals surface area contributed by atoms with Crippen molar-refractivity contribution < 1.29 is 17.6 Å². The Balaban J connectivity index is 4.14. The molecule has 0 rings (SSSR count). The molecular formula is C8H15F4N. The Labute approximate surface area is 75.3 Å². The van der Waals surface area contributed by atoms with Gasteiger partial charge in [-0.3, -0.25) is 0 Å². The SMILES string of the molecule is CC(C)C(F)(CN)CCC(F)(F)F. The van der Waals surface area contributed by atoms with Crippen molar-refractivity contribution in [2.45, 2.75) is 38.5 Å². The summed E-state index contributed by atoms with van der Waals surface area (Å²) in [7, 11) is 0. The van der Waals surface area contributed by atoms with Crippen LogP contribution in [0.4, 0.5) is 17.6 Å². The minimum Gasteiger partial charge on any atom is -0.328 e. The second-order valence-electron chi connectivity index (χ2n) is 3.51. The van der Waals surface area contributed by atoms with Crippen molar-refractivity contribution in [2.24, 2.45) is 11.7 Å². The van der Waals surface area contributed by atoms with Crippen LogP contribution in [0.1, 0.15) is 26.7 Å². The topological polar surface area (TPSA) is 26.0 Å². The van der Waals surface area contributed by atoms with E-state index in [1.54, 1.807) is 0 Å². The number of hydrogen-bond donors (Lipinski definition) is 1. The average Bonchev–Trinajstić information content (AvgIpc) is 1.98.